The average Bonchev–Trinajstić information content (AvgIpc) is 2.69. The summed E-state index contributed by atoms with van der Waals surface area (Å²) in [6, 6.07) is 0. The molecule has 15 heavy (non-hydrogen) atoms. The lowest BCUT2D eigenvalue weighted by Crippen LogP contribution is -2.47. The van der Waals surface area contributed by atoms with E-state index in [1.807, 2.05) is 0 Å². The largest absolute Gasteiger partial charge is 0.0773 e. The van der Waals surface area contributed by atoms with Crippen LogP contribution in [0.5, 0.6) is 0 Å². The maximum Gasteiger partial charge on any atom is -0.00137 e. The molecule has 0 aliphatic heterocycles. The van der Waals surface area contributed by atoms with Crippen LogP contribution in [0.2, 0.25) is 0 Å². The van der Waals surface area contributed by atoms with E-state index in [0.29, 0.717) is 0 Å². The molecule has 0 N–H and O–H groups in total. The highest BCUT2D eigenvalue weighted by Crippen LogP contribution is 2.58. The SMILES string of the molecule is C1=CC(C2C3CC4CC(C3)CC2C4)C=C1. The summed E-state index contributed by atoms with van der Waals surface area (Å²) in [6.07, 6.45) is 17.3. The second-order valence-electron chi connectivity index (χ2n) is 6.36. The zero-order valence-corrected chi connectivity index (χ0v) is 9.31. The first-order valence-electron chi connectivity index (χ1n) is 6.75. The van der Waals surface area contributed by atoms with Crippen molar-refractivity contribution >= 4 is 0 Å². The van der Waals surface area contributed by atoms with Crippen LogP contribution in [0.3, 0.4) is 0 Å². The van der Waals surface area contributed by atoms with Crippen LogP contribution in [0.25, 0.3) is 0 Å². The fourth-order valence-electron chi connectivity index (χ4n) is 5.30. The molecule has 0 heterocycles. The molecule has 80 valence electrons. The van der Waals surface area contributed by atoms with E-state index in [1.165, 1.54) is 0 Å². The maximum absolute atomic E-state index is 2.45. The first kappa shape index (κ1) is 8.61. The second kappa shape index (κ2) is 2.99. The summed E-state index contributed by atoms with van der Waals surface area (Å²) in [6.45, 7) is 0. The van der Waals surface area contributed by atoms with E-state index in [9.17, 15) is 0 Å². The second-order valence-corrected chi connectivity index (χ2v) is 6.36. The van der Waals surface area contributed by atoms with Gasteiger partial charge in [-0.05, 0) is 67.6 Å². The van der Waals surface area contributed by atoms with Crippen LogP contribution >= 0.6 is 0 Å². The number of hydrogen-bond acceptors (Lipinski definition) is 0. The minimum Gasteiger partial charge on any atom is -0.0773 e. The summed E-state index contributed by atoms with van der Waals surface area (Å²) in [5.41, 5.74) is 0. The monoisotopic (exact) mass is 200 g/mol. The van der Waals surface area contributed by atoms with E-state index in [2.05, 4.69) is 24.3 Å². The third kappa shape index (κ3) is 1.20. The minimum atomic E-state index is 0.806. The molecule has 5 rings (SSSR count). The standard InChI is InChI=1S/C15H20/c1-2-4-12(3-1)15-13-6-10-5-11(8-13)9-14(15)7-10/h1-4,10-15H,5-9H2. The van der Waals surface area contributed by atoms with Crippen molar-refractivity contribution in [1.82, 2.24) is 0 Å². The Hall–Kier alpha value is -0.520. The Morgan fingerprint density at radius 1 is 0.667 bits per heavy atom. The fraction of sp³-hybridized carbons (Fsp3) is 0.733. The van der Waals surface area contributed by atoms with Gasteiger partial charge in [0.25, 0.3) is 0 Å². The van der Waals surface area contributed by atoms with Crippen LogP contribution in [-0.2, 0) is 0 Å². The van der Waals surface area contributed by atoms with Crippen LogP contribution in [0, 0.1) is 35.5 Å². The zero-order valence-electron chi connectivity index (χ0n) is 9.31. The number of rotatable bonds is 1. The van der Waals surface area contributed by atoms with Crippen LogP contribution in [-0.4, -0.2) is 0 Å². The Morgan fingerprint density at radius 2 is 1.20 bits per heavy atom. The fourth-order valence-corrected chi connectivity index (χ4v) is 5.30. The molecular weight excluding hydrogens is 180 g/mol. The molecule has 0 spiro atoms. The molecular formula is C15H20. The zero-order chi connectivity index (χ0) is 9.83. The highest BCUT2D eigenvalue weighted by atomic mass is 14.5. The molecule has 0 unspecified atom stereocenters. The van der Waals surface area contributed by atoms with Crippen LogP contribution in [0.1, 0.15) is 32.1 Å². The van der Waals surface area contributed by atoms with Crippen molar-refractivity contribution < 1.29 is 0 Å². The van der Waals surface area contributed by atoms with E-state index in [1.54, 1.807) is 32.1 Å². The van der Waals surface area contributed by atoms with Crippen molar-refractivity contribution in [1.29, 1.82) is 0 Å². The van der Waals surface area contributed by atoms with E-state index in [4.69, 9.17) is 0 Å². The Kier molecular flexibility index (Phi) is 1.72. The van der Waals surface area contributed by atoms with Gasteiger partial charge in [-0.2, -0.15) is 0 Å². The highest BCUT2D eigenvalue weighted by Gasteiger charge is 2.49. The molecule has 0 radical (unpaired) electrons. The van der Waals surface area contributed by atoms with E-state index in [0.717, 1.165) is 35.5 Å². The molecule has 0 heteroatoms. The predicted molar refractivity (Wildman–Crippen MR) is 62.3 cm³/mol. The summed E-state index contributed by atoms with van der Waals surface area (Å²) in [5, 5.41) is 0. The van der Waals surface area contributed by atoms with E-state index >= 15 is 0 Å². The molecule has 0 nitrogen and oxygen atoms in total. The molecule has 0 aromatic heterocycles. The summed E-state index contributed by atoms with van der Waals surface area (Å²) in [7, 11) is 0. The van der Waals surface area contributed by atoms with Gasteiger partial charge in [0.2, 0.25) is 0 Å². The third-order valence-corrected chi connectivity index (χ3v) is 5.52. The molecule has 0 aromatic rings. The Balaban J connectivity index is 1.65. The summed E-state index contributed by atoms with van der Waals surface area (Å²) in [5.74, 6) is 6.24. The van der Waals surface area contributed by atoms with Gasteiger partial charge in [-0.25, -0.2) is 0 Å². The molecule has 5 aliphatic rings. The lowest BCUT2D eigenvalue weighted by atomic mass is 9.50. The summed E-state index contributed by atoms with van der Waals surface area (Å²) < 4.78 is 0. The van der Waals surface area contributed by atoms with Gasteiger partial charge in [0, 0.05) is 0 Å². The van der Waals surface area contributed by atoms with Crippen molar-refractivity contribution in [2.24, 2.45) is 35.5 Å². The van der Waals surface area contributed by atoms with Crippen molar-refractivity contribution in [2.75, 3.05) is 0 Å². The Morgan fingerprint density at radius 3 is 1.73 bits per heavy atom. The van der Waals surface area contributed by atoms with E-state index in [-0.39, 0.29) is 0 Å². The van der Waals surface area contributed by atoms with Gasteiger partial charge in [-0.3, -0.25) is 0 Å². The normalized spacial score (nSPS) is 51.9. The van der Waals surface area contributed by atoms with Gasteiger partial charge in [-0.1, -0.05) is 24.3 Å². The molecule has 0 saturated heterocycles. The molecule has 0 amide bonds. The number of allylic oxidation sites excluding steroid dienone is 4. The quantitative estimate of drug-likeness (QED) is 0.604. The summed E-state index contributed by atoms with van der Waals surface area (Å²) in [4.78, 5) is 0. The van der Waals surface area contributed by atoms with Crippen LogP contribution in [0.4, 0.5) is 0 Å². The molecule has 5 aliphatic carbocycles. The molecule has 4 bridgehead atoms. The number of hydrogen-bond donors (Lipinski definition) is 0. The lowest BCUT2D eigenvalue weighted by molar-refractivity contribution is -0.0462. The van der Waals surface area contributed by atoms with Crippen molar-refractivity contribution in [3.05, 3.63) is 24.3 Å². The summed E-state index contributed by atoms with van der Waals surface area (Å²) >= 11 is 0. The predicted octanol–water partition coefficient (Wildman–Crippen LogP) is 3.80. The highest BCUT2D eigenvalue weighted by molar-refractivity contribution is 5.20. The van der Waals surface area contributed by atoms with Gasteiger partial charge >= 0.3 is 0 Å². The van der Waals surface area contributed by atoms with Crippen molar-refractivity contribution in [3.63, 3.8) is 0 Å². The van der Waals surface area contributed by atoms with Crippen LogP contribution < -0.4 is 0 Å². The lowest BCUT2D eigenvalue weighted by Gasteiger charge is -2.55. The van der Waals surface area contributed by atoms with Crippen molar-refractivity contribution in [2.45, 2.75) is 32.1 Å². The van der Waals surface area contributed by atoms with Gasteiger partial charge in [-0.15, -0.1) is 0 Å². The first-order chi connectivity index (χ1) is 7.40. The Bertz CT molecular complexity index is 283. The van der Waals surface area contributed by atoms with Gasteiger partial charge in [0.05, 0.1) is 0 Å². The van der Waals surface area contributed by atoms with Gasteiger partial charge in [0.1, 0.15) is 0 Å². The Labute approximate surface area is 92.4 Å². The average molecular weight is 200 g/mol. The third-order valence-electron chi connectivity index (χ3n) is 5.52. The van der Waals surface area contributed by atoms with Gasteiger partial charge < -0.3 is 0 Å². The maximum atomic E-state index is 2.45. The van der Waals surface area contributed by atoms with Gasteiger partial charge in [0.15, 0.2) is 0 Å². The van der Waals surface area contributed by atoms with Crippen molar-refractivity contribution in [3.8, 4) is 0 Å². The molecule has 0 atom stereocenters. The molecule has 4 fully saturated rings. The molecule has 0 aromatic carbocycles. The minimum absolute atomic E-state index is 0.806. The topological polar surface area (TPSA) is 0 Å². The smallest absolute Gasteiger partial charge is 0.00137 e. The van der Waals surface area contributed by atoms with E-state index < -0.39 is 0 Å². The van der Waals surface area contributed by atoms with Crippen LogP contribution in [0.15, 0.2) is 24.3 Å². The first-order valence-corrected chi connectivity index (χ1v) is 6.75. The molecule has 4 saturated carbocycles.